The van der Waals surface area contributed by atoms with Gasteiger partial charge in [0.25, 0.3) is 10.0 Å². The molecule has 0 saturated carbocycles. The SMILES string of the molecule is CCN1CCCC(NS(=O)(=O)c2ccc(CO)cn2)C1. The number of pyridine rings is 1. The normalized spacial score (nSPS) is 21.0. The molecule has 1 aromatic rings. The number of aliphatic hydroxyl groups excluding tert-OH is 1. The number of rotatable bonds is 5. The monoisotopic (exact) mass is 299 g/mol. The maximum Gasteiger partial charge on any atom is 0.258 e. The minimum Gasteiger partial charge on any atom is -0.392 e. The fourth-order valence-corrected chi connectivity index (χ4v) is 3.57. The molecule has 1 fully saturated rings. The summed E-state index contributed by atoms with van der Waals surface area (Å²) in [6.07, 6.45) is 3.23. The fourth-order valence-electron chi connectivity index (χ4n) is 2.38. The maximum atomic E-state index is 12.2. The van der Waals surface area contributed by atoms with Crippen molar-refractivity contribution in [3.63, 3.8) is 0 Å². The van der Waals surface area contributed by atoms with E-state index in [-0.39, 0.29) is 17.7 Å². The van der Waals surface area contributed by atoms with Gasteiger partial charge in [0.2, 0.25) is 0 Å². The van der Waals surface area contributed by atoms with Crippen LogP contribution in [0, 0.1) is 0 Å². The van der Waals surface area contributed by atoms with E-state index in [1.165, 1.54) is 12.3 Å². The zero-order valence-corrected chi connectivity index (χ0v) is 12.4. The van der Waals surface area contributed by atoms with Crippen molar-refractivity contribution >= 4 is 10.0 Å². The molecule has 0 aromatic carbocycles. The van der Waals surface area contributed by atoms with Gasteiger partial charge in [0.05, 0.1) is 6.61 Å². The number of likely N-dealkylation sites (tertiary alicyclic amines) is 1. The van der Waals surface area contributed by atoms with E-state index in [2.05, 4.69) is 21.5 Å². The molecular formula is C13H21N3O3S. The lowest BCUT2D eigenvalue weighted by molar-refractivity contribution is 0.211. The van der Waals surface area contributed by atoms with E-state index in [1.54, 1.807) is 6.07 Å². The Hall–Kier alpha value is -1.02. The van der Waals surface area contributed by atoms with Gasteiger partial charge >= 0.3 is 0 Å². The van der Waals surface area contributed by atoms with Gasteiger partial charge in [-0.2, -0.15) is 0 Å². The summed E-state index contributed by atoms with van der Waals surface area (Å²) in [4.78, 5) is 6.14. The summed E-state index contributed by atoms with van der Waals surface area (Å²) in [6, 6.07) is 2.93. The van der Waals surface area contributed by atoms with Crippen LogP contribution in [-0.4, -0.2) is 49.1 Å². The minimum absolute atomic E-state index is 0.00308. The molecule has 2 rings (SSSR count). The Morgan fingerprint density at radius 1 is 1.50 bits per heavy atom. The second-order valence-electron chi connectivity index (χ2n) is 5.02. The third-order valence-corrected chi connectivity index (χ3v) is 4.97. The molecule has 0 aliphatic carbocycles. The largest absolute Gasteiger partial charge is 0.392 e. The molecule has 7 heteroatoms. The Labute approximate surface area is 119 Å². The van der Waals surface area contributed by atoms with Gasteiger partial charge in [-0.25, -0.2) is 18.1 Å². The first kappa shape index (κ1) is 15.4. The van der Waals surface area contributed by atoms with Crippen molar-refractivity contribution in [2.24, 2.45) is 0 Å². The van der Waals surface area contributed by atoms with E-state index in [0.717, 1.165) is 32.5 Å². The number of nitrogens with one attached hydrogen (secondary N) is 1. The lowest BCUT2D eigenvalue weighted by Gasteiger charge is -2.31. The van der Waals surface area contributed by atoms with Crippen LogP contribution in [0.3, 0.4) is 0 Å². The molecule has 1 atom stereocenters. The van der Waals surface area contributed by atoms with Gasteiger partial charge < -0.3 is 10.0 Å². The van der Waals surface area contributed by atoms with E-state index in [1.807, 2.05) is 0 Å². The summed E-state index contributed by atoms with van der Waals surface area (Å²) in [5.74, 6) is 0. The Morgan fingerprint density at radius 3 is 2.90 bits per heavy atom. The molecule has 0 bridgehead atoms. The van der Waals surface area contributed by atoms with Crippen LogP contribution in [0.15, 0.2) is 23.4 Å². The highest BCUT2D eigenvalue weighted by atomic mass is 32.2. The maximum absolute atomic E-state index is 12.2. The average molecular weight is 299 g/mol. The quantitative estimate of drug-likeness (QED) is 0.819. The summed E-state index contributed by atoms with van der Waals surface area (Å²) < 4.78 is 27.2. The van der Waals surface area contributed by atoms with Crippen molar-refractivity contribution in [2.45, 2.75) is 37.4 Å². The third kappa shape index (κ3) is 3.76. The minimum atomic E-state index is -3.59. The number of nitrogens with zero attached hydrogens (tertiary/aromatic N) is 2. The standard InChI is InChI=1S/C13H21N3O3S/c1-2-16-7-3-4-12(9-16)15-20(18,19)13-6-5-11(10-17)8-14-13/h5-6,8,12,15,17H,2-4,7,9-10H2,1H3. The van der Waals surface area contributed by atoms with Crippen molar-refractivity contribution in [1.82, 2.24) is 14.6 Å². The smallest absolute Gasteiger partial charge is 0.258 e. The number of piperidine rings is 1. The summed E-state index contributed by atoms with van der Waals surface area (Å²) in [5, 5.41) is 8.94. The molecule has 0 radical (unpaired) electrons. The second kappa shape index (κ2) is 6.62. The summed E-state index contributed by atoms with van der Waals surface area (Å²) in [6.45, 7) is 4.63. The van der Waals surface area contributed by atoms with Crippen molar-refractivity contribution in [1.29, 1.82) is 0 Å². The molecule has 0 spiro atoms. The third-order valence-electron chi connectivity index (χ3n) is 3.53. The van der Waals surface area contributed by atoms with Crippen LogP contribution in [0.4, 0.5) is 0 Å². The first-order chi connectivity index (χ1) is 9.55. The molecule has 0 amide bonds. The summed E-state index contributed by atoms with van der Waals surface area (Å²) >= 11 is 0. The van der Waals surface area contributed by atoms with Crippen LogP contribution in [0.2, 0.25) is 0 Å². The number of aliphatic hydroxyl groups is 1. The fraction of sp³-hybridized carbons (Fsp3) is 0.615. The molecule has 1 aromatic heterocycles. The first-order valence-electron chi connectivity index (χ1n) is 6.85. The number of aromatic nitrogens is 1. The molecule has 1 unspecified atom stereocenters. The van der Waals surface area contributed by atoms with Crippen molar-refractivity contribution in [3.05, 3.63) is 23.9 Å². The number of hydrogen-bond acceptors (Lipinski definition) is 5. The average Bonchev–Trinajstić information content (AvgIpc) is 2.47. The molecular weight excluding hydrogens is 278 g/mol. The Bertz CT molecular complexity index is 530. The van der Waals surface area contributed by atoms with Crippen LogP contribution in [0.1, 0.15) is 25.3 Å². The van der Waals surface area contributed by atoms with Gasteiger partial charge in [0.1, 0.15) is 0 Å². The predicted molar refractivity (Wildman–Crippen MR) is 75.6 cm³/mol. The first-order valence-corrected chi connectivity index (χ1v) is 8.34. The number of sulfonamides is 1. The molecule has 2 heterocycles. The molecule has 1 aliphatic rings. The highest BCUT2D eigenvalue weighted by Crippen LogP contribution is 2.13. The Morgan fingerprint density at radius 2 is 2.30 bits per heavy atom. The van der Waals surface area contributed by atoms with Gasteiger partial charge in [0, 0.05) is 18.8 Å². The number of hydrogen-bond donors (Lipinski definition) is 2. The highest BCUT2D eigenvalue weighted by Gasteiger charge is 2.25. The Balaban J connectivity index is 2.06. The van der Waals surface area contributed by atoms with Crippen molar-refractivity contribution in [3.8, 4) is 0 Å². The Kier molecular flexibility index (Phi) is 5.09. The van der Waals surface area contributed by atoms with E-state index >= 15 is 0 Å². The van der Waals surface area contributed by atoms with Gasteiger partial charge in [-0.1, -0.05) is 13.0 Å². The molecule has 6 nitrogen and oxygen atoms in total. The topological polar surface area (TPSA) is 82.5 Å². The highest BCUT2D eigenvalue weighted by molar-refractivity contribution is 7.89. The van der Waals surface area contributed by atoms with E-state index in [9.17, 15) is 8.42 Å². The zero-order valence-electron chi connectivity index (χ0n) is 11.6. The summed E-state index contributed by atoms with van der Waals surface area (Å²) in [5.41, 5.74) is 0.596. The molecule has 112 valence electrons. The van der Waals surface area contributed by atoms with Crippen molar-refractivity contribution in [2.75, 3.05) is 19.6 Å². The lowest BCUT2D eigenvalue weighted by atomic mass is 10.1. The lowest BCUT2D eigenvalue weighted by Crippen LogP contribution is -2.47. The van der Waals surface area contributed by atoms with E-state index in [4.69, 9.17) is 5.11 Å². The zero-order chi connectivity index (χ0) is 14.6. The van der Waals surface area contributed by atoms with Gasteiger partial charge in [-0.3, -0.25) is 0 Å². The molecule has 1 saturated heterocycles. The van der Waals surface area contributed by atoms with Crippen molar-refractivity contribution < 1.29 is 13.5 Å². The summed E-state index contributed by atoms with van der Waals surface area (Å²) in [7, 11) is -3.59. The van der Waals surface area contributed by atoms with Crippen LogP contribution >= 0.6 is 0 Å². The van der Waals surface area contributed by atoms with E-state index < -0.39 is 10.0 Å². The van der Waals surface area contributed by atoms with Gasteiger partial charge in [0.15, 0.2) is 5.03 Å². The van der Waals surface area contributed by atoms with Crippen LogP contribution < -0.4 is 4.72 Å². The van der Waals surface area contributed by atoms with Gasteiger partial charge in [-0.15, -0.1) is 0 Å². The van der Waals surface area contributed by atoms with Crippen LogP contribution in [-0.2, 0) is 16.6 Å². The van der Waals surface area contributed by atoms with E-state index in [0.29, 0.717) is 5.56 Å². The molecule has 1 aliphatic heterocycles. The van der Waals surface area contributed by atoms with Crippen LogP contribution in [0.25, 0.3) is 0 Å². The number of likely N-dealkylation sites (N-methyl/N-ethyl adjacent to an activating group) is 1. The van der Waals surface area contributed by atoms with Gasteiger partial charge in [-0.05, 0) is 37.6 Å². The molecule has 2 N–H and O–H groups in total. The molecule has 20 heavy (non-hydrogen) atoms. The predicted octanol–water partition coefficient (Wildman–Crippen LogP) is 0.336. The second-order valence-corrected chi connectivity index (χ2v) is 6.68. The van der Waals surface area contributed by atoms with Crippen LogP contribution in [0.5, 0.6) is 0 Å².